The van der Waals surface area contributed by atoms with E-state index in [-0.39, 0.29) is 5.41 Å². The Balaban J connectivity index is 2.64. The maximum Gasteiger partial charge on any atom is 0.0991 e. The number of hydrogen-bond acceptors (Lipinski definition) is 1. The third-order valence-electron chi connectivity index (χ3n) is 3.89. The van der Waals surface area contributed by atoms with Gasteiger partial charge in [-0.25, -0.2) is 0 Å². The molecular formula is C18H21N. The molecule has 1 aliphatic rings. The maximum absolute atomic E-state index is 9.20. The van der Waals surface area contributed by atoms with Gasteiger partial charge in [0.25, 0.3) is 0 Å². The molecule has 98 valence electrons. The van der Waals surface area contributed by atoms with Crippen LogP contribution in [0.15, 0.2) is 35.9 Å². The molecule has 0 N–H and O–H groups in total. The highest BCUT2D eigenvalue weighted by atomic mass is 14.3. The summed E-state index contributed by atoms with van der Waals surface area (Å²) in [5.41, 5.74) is 6.04. The van der Waals surface area contributed by atoms with Gasteiger partial charge in [-0.1, -0.05) is 39.0 Å². The molecule has 0 aliphatic heterocycles. The Morgan fingerprint density at radius 1 is 1.26 bits per heavy atom. The highest BCUT2D eigenvalue weighted by Crippen LogP contribution is 2.43. The molecule has 0 bridgehead atoms. The summed E-state index contributed by atoms with van der Waals surface area (Å²) in [6, 6.07) is 8.54. The molecule has 0 fully saturated rings. The van der Waals surface area contributed by atoms with Crippen molar-refractivity contribution in [2.75, 3.05) is 0 Å². The molecule has 0 amide bonds. The van der Waals surface area contributed by atoms with E-state index in [1.807, 2.05) is 12.1 Å². The van der Waals surface area contributed by atoms with Crippen LogP contribution in [0, 0.1) is 16.7 Å². The summed E-state index contributed by atoms with van der Waals surface area (Å²) in [7, 11) is 0. The number of benzene rings is 1. The first kappa shape index (κ1) is 13.6. The van der Waals surface area contributed by atoms with Crippen LogP contribution in [0.2, 0.25) is 0 Å². The predicted molar refractivity (Wildman–Crippen MR) is 80.7 cm³/mol. The van der Waals surface area contributed by atoms with Crippen molar-refractivity contribution in [2.24, 2.45) is 5.41 Å². The van der Waals surface area contributed by atoms with E-state index in [0.29, 0.717) is 0 Å². The number of hydrogen-bond donors (Lipinski definition) is 0. The lowest BCUT2D eigenvalue weighted by Crippen LogP contribution is -2.17. The van der Waals surface area contributed by atoms with Gasteiger partial charge in [0.15, 0.2) is 0 Å². The number of rotatable bonds is 2. The maximum atomic E-state index is 9.20. The van der Waals surface area contributed by atoms with Gasteiger partial charge in [-0.15, -0.1) is 0 Å². The van der Waals surface area contributed by atoms with Crippen LogP contribution >= 0.6 is 0 Å². The van der Waals surface area contributed by atoms with Crippen LogP contribution in [0.5, 0.6) is 0 Å². The first-order valence-electron chi connectivity index (χ1n) is 6.90. The van der Waals surface area contributed by atoms with Crippen LogP contribution in [0.25, 0.3) is 5.57 Å². The summed E-state index contributed by atoms with van der Waals surface area (Å²) in [4.78, 5) is 0. The van der Waals surface area contributed by atoms with Gasteiger partial charge in [0.05, 0.1) is 11.6 Å². The number of nitrogens with zero attached hydrogens (tertiary/aromatic N) is 1. The third kappa shape index (κ3) is 2.63. The van der Waals surface area contributed by atoms with Crippen molar-refractivity contribution >= 4 is 5.57 Å². The van der Waals surface area contributed by atoms with Crippen molar-refractivity contribution in [3.05, 3.63) is 52.6 Å². The fourth-order valence-corrected chi connectivity index (χ4v) is 2.97. The molecule has 0 saturated heterocycles. The van der Waals surface area contributed by atoms with Crippen molar-refractivity contribution in [1.82, 2.24) is 0 Å². The molecule has 1 nitrogen and oxygen atoms in total. The van der Waals surface area contributed by atoms with Gasteiger partial charge in [-0.05, 0) is 59.6 Å². The summed E-state index contributed by atoms with van der Waals surface area (Å²) >= 11 is 0. The lowest BCUT2D eigenvalue weighted by Gasteiger charge is -2.32. The van der Waals surface area contributed by atoms with Crippen molar-refractivity contribution in [3.8, 4) is 6.07 Å². The van der Waals surface area contributed by atoms with Crippen LogP contribution in [0.3, 0.4) is 0 Å². The Hall–Kier alpha value is -1.81. The smallest absolute Gasteiger partial charge is 0.0991 e. The zero-order valence-corrected chi connectivity index (χ0v) is 12.2. The molecule has 1 aliphatic carbocycles. The minimum Gasteiger partial charge on any atom is -0.192 e. The van der Waals surface area contributed by atoms with E-state index >= 15 is 0 Å². The van der Waals surface area contributed by atoms with Crippen LogP contribution in [-0.4, -0.2) is 0 Å². The second-order valence-corrected chi connectivity index (χ2v) is 5.93. The average Bonchev–Trinajstić information content (AvgIpc) is 2.37. The van der Waals surface area contributed by atoms with Crippen LogP contribution in [-0.2, 0) is 6.42 Å². The highest BCUT2D eigenvalue weighted by molar-refractivity contribution is 5.76. The molecule has 0 saturated carbocycles. The summed E-state index contributed by atoms with van der Waals surface area (Å²) in [5, 5.41) is 9.20. The first-order chi connectivity index (χ1) is 8.97. The van der Waals surface area contributed by atoms with E-state index < -0.39 is 0 Å². The standard InChI is InChI=1S/C18H21N/c1-5-14-9-15(12-19)11-16(10-14)17-13(2)7-6-8-18(17,3)4/h6-7,9-11H,5,8H2,1-4H3. The zero-order chi connectivity index (χ0) is 14.0. The van der Waals surface area contributed by atoms with Crippen molar-refractivity contribution in [2.45, 2.75) is 40.5 Å². The molecule has 0 atom stereocenters. The van der Waals surface area contributed by atoms with Gasteiger partial charge in [-0.3, -0.25) is 0 Å². The van der Waals surface area contributed by atoms with E-state index in [1.165, 1.54) is 22.3 Å². The van der Waals surface area contributed by atoms with Gasteiger partial charge in [0, 0.05) is 0 Å². The second kappa shape index (κ2) is 5.05. The molecule has 1 heteroatoms. The molecule has 19 heavy (non-hydrogen) atoms. The van der Waals surface area contributed by atoms with Crippen molar-refractivity contribution in [3.63, 3.8) is 0 Å². The van der Waals surface area contributed by atoms with Gasteiger partial charge < -0.3 is 0 Å². The predicted octanol–water partition coefficient (Wildman–Crippen LogP) is 4.88. The fourth-order valence-electron chi connectivity index (χ4n) is 2.97. The molecule has 0 radical (unpaired) electrons. The molecular weight excluding hydrogens is 230 g/mol. The Kier molecular flexibility index (Phi) is 3.62. The summed E-state index contributed by atoms with van der Waals surface area (Å²) in [6.45, 7) is 8.85. The summed E-state index contributed by atoms with van der Waals surface area (Å²) in [6.07, 6.45) is 6.46. The minimum absolute atomic E-state index is 0.137. The van der Waals surface area contributed by atoms with Crippen LogP contribution in [0.1, 0.15) is 50.8 Å². The molecule has 2 rings (SSSR count). The van der Waals surface area contributed by atoms with E-state index in [9.17, 15) is 5.26 Å². The molecule has 0 aromatic heterocycles. The summed E-state index contributed by atoms with van der Waals surface area (Å²) in [5.74, 6) is 0. The molecule has 1 aromatic rings. The second-order valence-electron chi connectivity index (χ2n) is 5.93. The van der Waals surface area contributed by atoms with E-state index in [2.05, 4.69) is 52.0 Å². The molecule has 0 unspecified atom stereocenters. The van der Waals surface area contributed by atoms with E-state index in [0.717, 1.165) is 18.4 Å². The number of aryl methyl sites for hydroxylation is 1. The zero-order valence-electron chi connectivity index (χ0n) is 12.2. The topological polar surface area (TPSA) is 23.8 Å². The fraction of sp³-hybridized carbons (Fsp3) is 0.389. The average molecular weight is 251 g/mol. The van der Waals surface area contributed by atoms with Gasteiger partial charge in [-0.2, -0.15) is 5.26 Å². The third-order valence-corrected chi connectivity index (χ3v) is 3.89. The Bertz CT molecular complexity index is 595. The Labute approximate surface area is 116 Å². The Morgan fingerprint density at radius 3 is 2.58 bits per heavy atom. The van der Waals surface area contributed by atoms with Gasteiger partial charge >= 0.3 is 0 Å². The normalized spacial score (nSPS) is 17.4. The van der Waals surface area contributed by atoms with Crippen LogP contribution < -0.4 is 0 Å². The SMILES string of the molecule is CCc1cc(C#N)cc(C2=C(C)C=CCC2(C)C)c1. The molecule has 0 heterocycles. The first-order valence-corrected chi connectivity index (χ1v) is 6.90. The lowest BCUT2D eigenvalue weighted by molar-refractivity contribution is 0.502. The van der Waals surface area contributed by atoms with Crippen molar-refractivity contribution < 1.29 is 0 Å². The van der Waals surface area contributed by atoms with Crippen molar-refractivity contribution in [1.29, 1.82) is 5.26 Å². The largest absolute Gasteiger partial charge is 0.192 e. The lowest BCUT2D eigenvalue weighted by atomic mass is 9.72. The van der Waals surface area contributed by atoms with Gasteiger partial charge in [0.1, 0.15) is 0 Å². The minimum atomic E-state index is 0.137. The molecule has 0 spiro atoms. The van der Waals surface area contributed by atoms with E-state index in [1.54, 1.807) is 0 Å². The highest BCUT2D eigenvalue weighted by Gasteiger charge is 2.27. The Morgan fingerprint density at radius 2 is 2.00 bits per heavy atom. The quantitative estimate of drug-likeness (QED) is 0.735. The van der Waals surface area contributed by atoms with Gasteiger partial charge in [0.2, 0.25) is 0 Å². The monoisotopic (exact) mass is 251 g/mol. The molecule has 1 aromatic carbocycles. The summed E-state index contributed by atoms with van der Waals surface area (Å²) < 4.78 is 0. The van der Waals surface area contributed by atoms with Crippen LogP contribution in [0.4, 0.5) is 0 Å². The number of allylic oxidation sites excluding steroid dienone is 4. The number of nitriles is 1. The van der Waals surface area contributed by atoms with E-state index in [4.69, 9.17) is 0 Å².